The van der Waals surface area contributed by atoms with Crippen LogP contribution in [0.3, 0.4) is 0 Å². The predicted molar refractivity (Wildman–Crippen MR) is 83.3 cm³/mol. The van der Waals surface area contributed by atoms with Crippen LogP contribution in [0.2, 0.25) is 5.02 Å². The zero-order valence-electron chi connectivity index (χ0n) is 12.9. The molecule has 1 aliphatic heterocycles. The Balaban J connectivity index is 1.65. The van der Waals surface area contributed by atoms with E-state index in [1.807, 2.05) is 0 Å². The van der Waals surface area contributed by atoms with Crippen LogP contribution in [0.4, 0.5) is 13.2 Å². The van der Waals surface area contributed by atoms with Crippen LogP contribution in [-0.4, -0.2) is 34.7 Å². The van der Waals surface area contributed by atoms with Gasteiger partial charge >= 0.3 is 6.41 Å². The molecule has 0 bridgehead atoms. The molecule has 1 aliphatic carbocycles. The fourth-order valence-corrected chi connectivity index (χ4v) is 3.30. The number of nitrogens with zero attached hydrogens (tertiary/aromatic N) is 2. The van der Waals surface area contributed by atoms with Crippen LogP contribution in [0.5, 0.6) is 0 Å². The van der Waals surface area contributed by atoms with E-state index in [2.05, 4.69) is 5.16 Å². The molecule has 3 rings (SSSR count). The number of aliphatic hydroxyl groups excluding tert-OH is 1. The number of aliphatic hydroxyl groups is 1. The van der Waals surface area contributed by atoms with E-state index in [-0.39, 0.29) is 30.2 Å². The Morgan fingerprint density at radius 1 is 1.33 bits per heavy atom. The summed E-state index contributed by atoms with van der Waals surface area (Å²) in [5.41, 5.74) is 0.648. The first-order valence-electron chi connectivity index (χ1n) is 7.83. The molecule has 1 aromatic rings. The summed E-state index contributed by atoms with van der Waals surface area (Å²) in [6.45, 7) is 0.384. The molecule has 1 saturated carbocycles. The SMILES string of the molecule is OC1ON=C(Cc2ccc(F)cc2Cl)N1CC1CCC(F)(F)CC1. The second-order valence-corrected chi connectivity index (χ2v) is 6.71. The molecule has 0 amide bonds. The van der Waals surface area contributed by atoms with Gasteiger partial charge in [0.1, 0.15) is 5.82 Å². The van der Waals surface area contributed by atoms with Gasteiger partial charge in [0.05, 0.1) is 0 Å². The lowest BCUT2D eigenvalue weighted by Gasteiger charge is -2.32. The van der Waals surface area contributed by atoms with Crippen molar-refractivity contribution >= 4 is 17.4 Å². The Labute approximate surface area is 142 Å². The Kier molecular flexibility index (Phi) is 4.92. The summed E-state index contributed by atoms with van der Waals surface area (Å²) in [7, 11) is 0. The van der Waals surface area contributed by atoms with Crippen LogP contribution in [0.25, 0.3) is 0 Å². The number of rotatable bonds is 4. The lowest BCUT2D eigenvalue weighted by Crippen LogP contribution is -2.41. The molecule has 0 aromatic heterocycles. The van der Waals surface area contributed by atoms with Crippen LogP contribution < -0.4 is 0 Å². The van der Waals surface area contributed by atoms with Crippen molar-refractivity contribution in [1.82, 2.24) is 4.90 Å². The Morgan fingerprint density at radius 3 is 2.71 bits per heavy atom. The van der Waals surface area contributed by atoms with Gasteiger partial charge in [-0.1, -0.05) is 22.8 Å². The standard InChI is InChI=1S/C16H18ClF3N2O2/c17-13-8-12(18)2-1-11(13)7-14-21-24-15(23)22(14)9-10-3-5-16(19,20)6-4-10/h1-2,8,10,15,23H,3-7,9H2. The van der Waals surface area contributed by atoms with Gasteiger partial charge in [0.2, 0.25) is 5.92 Å². The maximum absolute atomic E-state index is 13.3. The summed E-state index contributed by atoms with van der Waals surface area (Å²) >= 11 is 6.02. The summed E-state index contributed by atoms with van der Waals surface area (Å²) < 4.78 is 39.6. The summed E-state index contributed by atoms with van der Waals surface area (Å²) in [6.07, 6.45) is -0.473. The molecule has 132 valence electrons. The fraction of sp³-hybridized carbons (Fsp3) is 0.562. The average Bonchev–Trinajstić information content (AvgIpc) is 2.85. The van der Waals surface area contributed by atoms with Crippen molar-refractivity contribution in [3.63, 3.8) is 0 Å². The van der Waals surface area contributed by atoms with Crippen molar-refractivity contribution < 1.29 is 23.1 Å². The van der Waals surface area contributed by atoms with Gasteiger partial charge in [0, 0.05) is 30.8 Å². The molecular formula is C16H18ClF3N2O2. The van der Waals surface area contributed by atoms with Gasteiger partial charge in [-0.15, -0.1) is 0 Å². The van der Waals surface area contributed by atoms with Crippen molar-refractivity contribution in [2.45, 2.75) is 44.4 Å². The number of halogens is 4. The third-order valence-electron chi connectivity index (χ3n) is 4.51. The summed E-state index contributed by atoms with van der Waals surface area (Å²) in [5.74, 6) is -2.54. The molecule has 1 fully saturated rings. The highest BCUT2D eigenvalue weighted by atomic mass is 35.5. The van der Waals surface area contributed by atoms with Crippen molar-refractivity contribution in [2.24, 2.45) is 11.1 Å². The second-order valence-electron chi connectivity index (χ2n) is 6.30. The molecule has 1 heterocycles. The van der Waals surface area contributed by atoms with Gasteiger partial charge in [-0.05, 0) is 36.5 Å². The van der Waals surface area contributed by atoms with Gasteiger partial charge in [-0.2, -0.15) is 0 Å². The lowest BCUT2D eigenvalue weighted by molar-refractivity contribution is -0.150. The monoisotopic (exact) mass is 362 g/mol. The Hall–Kier alpha value is -1.47. The normalized spacial score (nSPS) is 24.0. The van der Waals surface area contributed by atoms with Crippen molar-refractivity contribution in [1.29, 1.82) is 0 Å². The predicted octanol–water partition coefficient (Wildman–Crippen LogP) is 3.77. The Morgan fingerprint density at radius 2 is 2.04 bits per heavy atom. The maximum Gasteiger partial charge on any atom is 0.307 e. The molecule has 1 N–H and O–H groups in total. The van der Waals surface area contributed by atoms with Crippen molar-refractivity contribution in [3.8, 4) is 0 Å². The number of oxime groups is 1. The minimum absolute atomic E-state index is 0.0369. The van der Waals surface area contributed by atoms with E-state index in [1.54, 1.807) is 11.0 Å². The van der Waals surface area contributed by atoms with Crippen LogP contribution in [0.15, 0.2) is 23.4 Å². The van der Waals surface area contributed by atoms with E-state index in [0.717, 1.165) is 0 Å². The molecule has 0 saturated heterocycles. The van der Waals surface area contributed by atoms with E-state index in [9.17, 15) is 18.3 Å². The number of hydrogen-bond acceptors (Lipinski definition) is 4. The van der Waals surface area contributed by atoms with Crippen LogP contribution >= 0.6 is 11.6 Å². The van der Waals surface area contributed by atoms with Gasteiger partial charge in [-0.3, -0.25) is 4.90 Å². The first-order valence-corrected chi connectivity index (χ1v) is 8.21. The first kappa shape index (κ1) is 17.4. The average molecular weight is 363 g/mol. The number of amidine groups is 1. The van der Waals surface area contributed by atoms with E-state index in [0.29, 0.717) is 30.8 Å². The highest BCUT2D eigenvalue weighted by Crippen LogP contribution is 2.37. The topological polar surface area (TPSA) is 45.1 Å². The summed E-state index contributed by atoms with van der Waals surface area (Å²) in [4.78, 5) is 6.45. The van der Waals surface area contributed by atoms with Crippen LogP contribution in [0.1, 0.15) is 31.2 Å². The van der Waals surface area contributed by atoms with Gasteiger partial charge in [-0.25, -0.2) is 13.2 Å². The molecule has 0 spiro atoms. The maximum atomic E-state index is 13.3. The minimum Gasteiger partial charge on any atom is -0.340 e. The molecule has 1 atom stereocenters. The number of hydrogen-bond donors (Lipinski definition) is 1. The lowest BCUT2D eigenvalue weighted by atomic mass is 9.86. The number of alkyl halides is 2. The molecule has 0 radical (unpaired) electrons. The quantitative estimate of drug-likeness (QED) is 0.886. The fourth-order valence-electron chi connectivity index (χ4n) is 3.07. The highest BCUT2D eigenvalue weighted by molar-refractivity contribution is 6.31. The van der Waals surface area contributed by atoms with Crippen molar-refractivity contribution in [2.75, 3.05) is 6.54 Å². The molecule has 24 heavy (non-hydrogen) atoms. The zero-order chi connectivity index (χ0) is 17.3. The minimum atomic E-state index is -2.59. The molecule has 2 aliphatic rings. The van der Waals surface area contributed by atoms with Crippen LogP contribution in [0, 0.1) is 11.7 Å². The Bertz CT molecular complexity index is 632. The van der Waals surface area contributed by atoms with E-state index >= 15 is 0 Å². The van der Waals surface area contributed by atoms with Crippen molar-refractivity contribution in [3.05, 3.63) is 34.6 Å². The van der Waals surface area contributed by atoms with Gasteiger partial charge in [0.25, 0.3) is 0 Å². The largest absolute Gasteiger partial charge is 0.340 e. The second kappa shape index (κ2) is 6.80. The molecule has 8 heteroatoms. The highest BCUT2D eigenvalue weighted by Gasteiger charge is 2.37. The van der Waals surface area contributed by atoms with E-state index in [1.165, 1.54) is 12.1 Å². The third-order valence-corrected chi connectivity index (χ3v) is 4.86. The first-order chi connectivity index (χ1) is 11.3. The molecule has 1 unspecified atom stereocenters. The van der Waals surface area contributed by atoms with E-state index < -0.39 is 18.2 Å². The number of benzene rings is 1. The summed E-state index contributed by atoms with van der Waals surface area (Å²) in [6, 6.07) is 4.04. The third kappa shape index (κ3) is 3.95. The summed E-state index contributed by atoms with van der Waals surface area (Å²) in [5, 5.41) is 14.0. The van der Waals surface area contributed by atoms with Gasteiger partial charge < -0.3 is 9.94 Å². The molecular weight excluding hydrogens is 345 g/mol. The zero-order valence-corrected chi connectivity index (χ0v) is 13.6. The van der Waals surface area contributed by atoms with Gasteiger partial charge in [0.15, 0.2) is 5.84 Å². The molecule has 4 nitrogen and oxygen atoms in total. The smallest absolute Gasteiger partial charge is 0.307 e. The van der Waals surface area contributed by atoms with Crippen LogP contribution in [-0.2, 0) is 11.3 Å². The molecule has 1 aromatic carbocycles. The van der Waals surface area contributed by atoms with E-state index in [4.69, 9.17) is 16.4 Å².